The minimum absolute atomic E-state index is 0.198. The third-order valence-electron chi connectivity index (χ3n) is 5.42. The molecule has 8 heteroatoms. The van der Waals surface area contributed by atoms with Crippen molar-refractivity contribution < 1.29 is 9.15 Å². The maximum absolute atomic E-state index is 11.3. The van der Waals surface area contributed by atoms with Crippen LogP contribution in [0.4, 0.5) is 5.69 Å². The van der Waals surface area contributed by atoms with Gasteiger partial charge in [0.1, 0.15) is 11.3 Å². The second kappa shape index (κ2) is 7.63. The zero-order valence-electron chi connectivity index (χ0n) is 16.1. The Labute approximate surface area is 167 Å². The van der Waals surface area contributed by atoms with Gasteiger partial charge in [0.15, 0.2) is 12.0 Å². The largest absolute Gasteiger partial charge is 0.493 e. The zero-order valence-corrected chi connectivity index (χ0v) is 16.1. The number of rotatable bonds is 6. The third-order valence-corrected chi connectivity index (χ3v) is 5.42. The van der Waals surface area contributed by atoms with Gasteiger partial charge in [0.05, 0.1) is 23.3 Å². The highest BCUT2D eigenvalue weighted by Gasteiger charge is 2.19. The average molecular weight is 393 g/mol. The number of nitrogens with zero attached hydrogens (tertiary/aromatic N) is 3. The molecule has 0 aliphatic carbocycles. The number of nitrogens with one attached hydrogen (secondary N) is 2. The van der Waals surface area contributed by atoms with Crippen LogP contribution in [-0.4, -0.2) is 59.2 Å². The van der Waals surface area contributed by atoms with E-state index < -0.39 is 0 Å². The van der Waals surface area contributed by atoms with Crippen molar-refractivity contribution in [3.05, 3.63) is 53.3 Å². The van der Waals surface area contributed by atoms with Crippen molar-refractivity contribution in [1.29, 1.82) is 0 Å². The fourth-order valence-corrected chi connectivity index (χ4v) is 3.91. The Kier molecular flexibility index (Phi) is 4.69. The molecule has 8 nitrogen and oxygen atoms in total. The number of hydrogen-bond acceptors (Lipinski definition) is 6. The number of oxazole rings is 1. The van der Waals surface area contributed by atoms with Gasteiger partial charge in [-0.3, -0.25) is 4.90 Å². The molecule has 5 rings (SSSR count). The van der Waals surface area contributed by atoms with Crippen LogP contribution in [0.3, 0.4) is 0 Å². The molecule has 2 aromatic carbocycles. The molecule has 0 bridgehead atoms. The van der Waals surface area contributed by atoms with Crippen LogP contribution in [0.15, 0.2) is 52.0 Å². The lowest BCUT2D eigenvalue weighted by Gasteiger charge is -2.36. The Bertz CT molecular complexity index is 1170. The number of ether oxygens (including phenoxy) is 1. The molecule has 0 unspecified atom stereocenters. The normalized spacial score (nSPS) is 15.4. The number of fused-ring (bicyclic) bond motifs is 2. The summed E-state index contributed by atoms with van der Waals surface area (Å²) in [5, 5.41) is 0. The first-order valence-corrected chi connectivity index (χ1v) is 9.91. The predicted molar refractivity (Wildman–Crippen MR) is 112 cm³/mol. The van der Waals surface area contributed by atoms with Gasteiger partial charge in [-0.05, 0) is 30.7 Å². The smallest absolute Gasteiger partial charge is 0.323 e. The van der Waals surface area contributed by atoms with Gasteiger partial charge in [0.25, 0.3) is 0 Å². The molecule has 1 fully saturated rings. The number of aromatic nitrogens is 3. The van der Waals surface area contributed by atoms with E-state index in [9.17, 15) is 4.79 Å². The summed E-state index contributed by atoms with van der Waals surface area (Å²) in [6.45, 7) is 5.62. The molecule has 0 amide bonds. The Morgan fingerprint density at radius 3 is 2.83 bits per heavy atom. The average Bonchev–Trinajstić information content (AvgIpc) is 3.36. The van der Waals surface area contributed by atoms with E-state index in [2.05, 4.69) is 30.8 Å². The van der Waals surface area contributed by atoms with Crippen molar-refractivity contribution >= 4 is 27.8 Å². The van der Waals surface area contributed by atoms with E-state index in [1.807, 2.05) is 30.3 Å². The van der Waals surface area contributed by atoms with Crippen molar-refractivity contribution in [2.24, 2.45) is 0 Å². The highest BCUT2D eigenvalue weighted by Crippen LogP contribution is 2.27. The Hall–Kier alpha value is -3.26. The van der Waals surface area contributed by atoms with E-state index in [0.29, 0.717) is 6.61 Å². The highest BCUT2D eigenvalue weighted by atomic mass is 16.5. The second-order valence-electron chi connectivity index (χ2n) is 7.29. The van der Waals surface area contributed by atoms with Crippen LogP contribution in [-0.2, 0) is 0 Å². The number of aromatic amines is 2. The number of para-hydroxylation sites is 1. The maximum Gasteiger partial charge on any atom is 0.323 e. The molecule has 150 valence electrons. The summed E-state index contributed by atoms with van der Waals surface area (Å²) in [6, 6.07) is 11.7. The number of benzene rings is 2. The van der Waals surface area contributed by atoms with Crippen LogP contribution in [0, 0.1) is 0 Å². The molecule has 2 aromatic heterocycles. The lowest BCUT2D eigenvalue weighted by atomic mass is 10.2. The first-order chi connectivity index (χ1) is 14.3. The van der Waals surface area contributed by atoms with Gasteiger partial charge in [-0.15, -0.1) is 0 Å². The molecule has 1 saturated heterocycles. The quantitative estimate of drug-likeness (QED) is 0.490. The van der Waals surface area contributed by atoms with Gasteiger partial charge in [-0.25, -0.2) is 9.78 Å². The van der Waals surface area contributed by atoms with E-state index >= 15 is 0 Å². The number of H-pyrrole nitrogens is 2. The van der Waals surface area contributed by atoms with E-state index in [1.165, 1.54) is 6.39 Å². The Morgan fingerprint density at radius 1 is 1.07 bits per heavy atom. The van der Waals surface area contributed by atoms with Crippen LogP contribution in [0.1, 0.15) is 6.42 Å². The molecule has 2 N–H and O–H groups in total. The van der Waals surface area contributed by atoms with Crippen LogP contribution in [0.5, 0.6) is 5.75 Å². The fourth-order valence-electron chi connectivity index (χ4n) is 3.91. The number of piperazine rings is 1. The molecule has 1 aliphatic rings. The topological polar surface area (TPSA) is 90.4 Å². The van der Waals surface area contributed by atoms with E-state index in [4.69, 9.17) is 9.15 Å². The fraction of sp³-hybridized carbons (Fsp3) is 0.333. The minimum Gasteiger partial charge on any atom is -0.493 e. The van der Waals surface area contributed by atoms with Gasteiger partial charge in [0, 0.05) is 38.8 Å². The van der Waals surface area contributed by atoms with Crippen LogP contribution >= 0.6 is 0 Å². The monoisotopic (exact) mass is 393 g/mol. The SMILES string of the molecule is O=c1[nH]c2ccc(OCCCN3CCN(c4cccc5ncoc45)CC3)cc2[nH]1. The van der Waals surface area contributed by atoms with Crippen molar-refractivity contribution in [3.8, 4) is 5.75 Å². The summed E-state index contributed by atoms with van der Waals surface area (Å²) in [6.07, 6.45) is 2.47. The number of hydrogen-bond donors (Lipinski definition) is 2. The molecule has 0 radical (unpaired) electrons. The molecule has 0 atom stereocenters. The first kappa shape index (κ1) is 17.8. The third kappa shape index (κ3) is 3.71. The standard InChI is InChI=1S/C21H23N5O3/c27-21-23-16-6-5-15(13-18(16)24-21)28-12-2-7-25-8-10-26(11-9-25)19-4-1-3-17-20(19)29-14-22-17/h1,3-6,13-14H,2,7-12H2,(H2,23,24,27). The molecule has 29 heavy (non-hydrogen) atoms. The van der Waals surface area contributed by atoms with Crippen LogP contribution in [0.25, 0.3) is 22.1 Å². The summed E-state index contributed by atoms with van der Waals surface area (Å²) < 4.78 is 11.4. The highest BCUT2D eigenvalue weighted by molar-refractivity contribution is 5.86. The summed E-state index contributed by atoms with van der Waals surface area (Å²) in [7, 11) is 0. The van der Waals surface area contributed by atoms with Crippen molar-refractivity contribution in [3.63, 3.8) is 0 Å². The van der Waals surface area contributed by atoms with Crippen molar-refractivity contribution in [2.45, 2.75) is 6.42 Å². The molecule has 4 aromatic rings. The van der Waals surface area contributed by atoms with E-state index in [-0.39, 0.29) is 5.69 Å². The lowest BCUT2D eigenvalue weighted by Crippen LogP contribution is -2.46. The molecule has 1 aliphatic heterocycles. The summed E-state index contributed by atoms with van der Waals surface area (Å²) in [5.41, 5.74) is 4.27. The van der Waals surface area contributed by atoms with Crippen LogP contribution in [0.2, 0.25) is 0 Å². The van der Waals surface area contributed by atoms with Gasteiger partial charge >= 0.3 is 5.69 Å². The van der Waals surface area contributed by atoms with Gasteiger partial charge in [0.2, 0.25) is 0 Å². The van der Waals surface area contributed by atoms with E-state index in [1.54, 1.807) is 0 Å². The van der Waals surface area contributed by atoms with E-state index in [0.717, 1.165) is 72.7 Å². The minimum atomic E-state index is -0.198. The summed E-state index contributed by atoms with van der Waals surface area (Å²) >= 11 is 0. The van der Waals surface area contributed by atoms with Crippen molar-refractivity contribution in [1.82, 2.24) is 19.9 Å². The molecule has 0 spiro atoms. The summed E-state index contributed by atoms with van der Waals surface area (Å²) in [5.74, 6) is 0.776. The molecule has 0 saturated carbocycles. The maximum atomic E-state index is 11.3. The van der Waals surface area contributed by atoms with Crippen molar-refractivity contribution in [2.75, 3.05) is 44.2 Å². The second-order valence-corrected chi connectivity index (χ2v) is 7.29. The summed E-state index contributed by atoms with van der Waals surface area (Å²) in [4.78, 5) is 25.9. The Morgan fingerprint density at radius 2 is 1.93 bits per heavy atom. The first-order valence-electron chi connectivity index (χ1n) is 9.91. The zero-order chi connectivity index (χ0) is 19.6. The molecular formula is C21H23N5O3. The lowest BCUT2D eigenvalue weighted by molar-refractivity contribution is 0.225. The van der Waals surface area contributed by atoms with Gasteiger partial charge < -0.3 is 24.0 Å². The van der Waals surface area contributed by atoms with Crippen LogP contribution < -0.4 is 15.3 Å². The van der Waals surface area contributed by atoms with Gasteiger partial charge in [-0.2, -0.15) is 0 Å². The number of imidazole rings is 1. The molecular weight excluding hydrogens is 370 g/mol. The Balaban J connectivity index is 1.10. The predicted octanol–water partition coefficient (Wildman–Crippen LogP) is 2.59. The van der Waals surface area contributed by atoms with Gasteiger partial charge in [-0.1, -0.05) is 6.07 Å². The number of anilines is 1. The molecule has 3 heterocycles.